The number of aliphatic hydroxyl groups excluding tert-OH is 1. The molecule has 0 unspecified atom stereocenters. The van der Waals surface area contributed by atoms with Crippen LogP contribution in [0.3, 0.4) is 0 Å². The first kappa shape index (κ1) is 16.4. The molecule has 0 aliphatic carbocycles. The van der Waals surface area contributed by atoms with E-state index in [4.69, 9.17) is 10.2 Å². The molecular weight excluding hydrogens is 326 g/mol. The predicted molar refractivity (Wildman–Crippen MR) is 85.0 cm³/mol. The van der Waals surface area contributed by atoms with Crippen molar-refractivity contribution in [1.29, 1.82) is 0 Å². The summed E-state index contributed by atoms with van der Waals surface area (Å²) in [4.78, 5) is 27.6. The fourth-order valence-corrected chi connectivity index (χ4v) is 2.12. The van der Waals surface area contributed by atoms with Gasteiger partial charge in [0.15, 0.2) is 5.78 Å². The third-order valence-corrected chi connectivity index (χ3v) is 3.44. The first-order chi connectivity index (χ1) is 12.1. The van der Waals surface area contributed by atoms with Gasteiger partial charge in [-0.15, -0.1) is 10.2 Å². The molecule has 2 heterocycles. The summed E-state index contributed by atoms with van der Waals surface area (Å²) in [5, 5.41) is 29.7. The summed E-state index contributed by atoms with van der Waals surface area (Å²) < 4.78 is 0. The number of benzene rings is 1. The Balaban J connectivity index is 1.73. The number of pyridine rings is 1. The lowest BCUT2D eigenvalue weighted by Crippen LogP contribution is -2.06. The van der Waals surface area contributed by atoms with Crippen molar-refractivity contribution in [1.82, 2.24) is 25.2 Å². The molecule has 1 aromatic carbocycles. The SMILES string of the molecule is O=C(O)c1ccc(-c2nnn(Cc3ccc(C(=O)CO)cc3)n2)nc1. The molecule has 0 aliphatic rings. The van der Waals surface area contributed by atoms with Gasteiger partial charge in [0.25, 0.3) is 0 Å². The van der Waals surface area contributed by atoms with E-state index in [1.165, 1.54) is 23.1 Å². The van der Waals surface area contributed by atoms with E-state index < -0.39 is 12.6 Å². The number of tetrazole rings is 1. The molecule has 2 N–H and O–H groups in total. The summed E-state index contributed by atoms with van der Waals surface area (Å²) in [7, 11) is 0. The Morgan fingerprint density at radius 3 is 2.36 bits per heavy atom. The van der Waals surface area contributed by atoms with E-state index in [1.54, 1.807) is 24.3 Å². The number of aromatic nitrogens is 5. The lowest BCUT2D eigenvalue weighted by atomic mass is 10.1. The second-order valence-electron chi connectivity index (χ2n) is 5.16. The van der Waals surface area contributed by atoms with Crippen LogP contribution in [0.2, 0.25) is 0 Å². The minimum atomic E-state index is -1.06. The van der Waals surface area contributed by atoms with Crippen molar-refractivity contribution in [3.05, 3.63) is 59.3 Å². The highest BCUT2D eigenvalue weighted by molar-refractivity contribution is 5.96. The molecule has 25 heavy (non-hydrogen) atoms. The normalized spacial score (nSPS) is 10.6. The lowest BCUT2D eigenvalue weighted by Gasteiger charge is -2.01. The van der Waals surface area contributed by atoms with Crippen LogP contribution in [0.25, 0.3) is 11.5 Å². The van der Waals surface area contributed by atoms with Crippen molar-refractivity contribution >= 4 is 11.8 Å². The van der Waals surface area contributed by atoms with E-state index in [2.05, 4.69) is 20.4 Å². The van der Waals surface area contributed by atoms with Gasteiger partial charge in [0.1, 0.15) is 12.3 Å². The first-order valence-corrected chi connectivity index (χ1v) is 7.27. The molecule has 0 radical (unpaired) electrons. The second-order valence-corrected chi connectivity index (χ2v) is 5.16. The Labute approximate surface area is 141 Å². The van der Waals surface area contributed by atoms with Gasteiger partial charge in [-0.3, -0.25) is 9.78 Å². The number of Topliss-reactive ketones (excluding diaryl/α,β-unsaturated/α-hetero) is 1. The molecule has 0 aliphatic heterocycles. The number of ketones is 1. The number of aliphatic hydroxyl groups is 1. The van der Waals surface area contributed by atoms with E-state index in [0.717, 1.165) is 5.56 Å². The second kappa shape index (κ2) is 6.97. The number of carbonyl (C=O) groups excluding carboxylic acids is 1. The Bertz CT molecular complexity index is 903. The summed E-state index contributed by atoms with van der Waals surface area (Å²) in [6.45, 7) is -0.186. The van der Waals surface area contributed by atoms with Crippen LogP contribution in [-0.4, -0.2) is 53.8 Å². The highest BCUT2D eigenvalue weighted by atomic mass is 16.4. The van der Waals surface area contributed by atoms with Crippen LogP contribution in [0.1, 0.15) is 26.3 Å². The molecule has 0 spiro atoms. The average Bonchev–Trinajstić information content (AvgIpc) is 3.10. The topological polar surface area (TPSA) is 131 Å². The van der Waals surface area contributed by atoms with E-state index in [0.29, 0.717) is 17.8 Å². The van der Waals surface area contributed by atoms with Gasteiger partial charge in [0.05, 0.1) is 12.1 Å². The van der Waals surface area contributed by atoms with Gasteiger partial charge >= 0.3 is 5.97 Å². The highest BCUT2D eigenvalue weighted by Crippen LogP contribution is 2.12. The summed E-state index contributed by atoms with van der Waals surface area (Å²) >= 11 is 0. The fraction of sp³-hybridized carbons (Fsp3) is 0.125. The number of nitrogens with zero attached hydrogens (tertiary/aromatic N) is 5. The van der Waals surface area contributed by atoms with Crippen molar-refractivity contribution in [2.24, 2.45) is 0 Å². The van der Waals surface area contributed by atoms with Gasteiger partial charge in [0.2, 0.25) is 5.82 Å². The zero-order valence-electron chi connectivity index (χ0n) is 12.9. The van der Waals surface area contributed by atoms with Gasteiger partial charge in [-0.25, -0.2) is 4.79 Å². The first-order valence-electron chi connectivity index (χ1n) is 7.27. The standard InChI is InChI=1S/C16H13N5O4/c22-9-14(23)11-3-1-10(2-4-11)8-21-19-15(18-20-21)13-6-5-12(7-17-13)16(24)25/h1-7,22H,8-9H2,(H,24,25). The van der Waals surface area contributed by atoms with Crippen molar-refractivity contribution < 1.29 is 19.8 Å². The molecule has 0 bridgehead atoms. The third-order valence-electron chi connectivity index (χ3n) is 3.44. The molecule has 0 atom stereocenters. The predicted octanol–water partition coefficient (Wildman–Crippen LogP) is 0.657. The monoisotopic (exact) mass is 339 g/mol. The van der Waals surface area contributed by atoms with Gasteiger partial charge in [-0.1, -0.05) is 24.3 Å². The number of rotatable bonds is 6. The Hall–Kier alpha value is -3.46. The van der Waals surface area contributed by atoms with Crippen LogP contribution in [0, 0.1) is 0 Å². The molecule has 0 saturated carbocycles. The van der Waals surface area contributed by atoms with Crippen molar-refractivity contribution in [3.63, 3.8) is 0 Å². The van der Waals surface area contributed by atoms with E-state index in [9.17, 15) is 9.59 Å². The number of carboxylic acid groups (broad SMARTS) is 1. The molecule has 2 aromatic heterocycles. The summed E-state index contributed by atoms with van der Waals surface area (Å²) in [5.41, 5.74) is 1.78. The van der Waals surface area contributed by atoms with E-state index in [-0.39, 0.29) is 17.2 Å². The van der Waals surface area contributed by atoms with Crippen LogP contribution < -0.4 is 0 Å². The van der Waals surface area contributed by atoms with Gasteiger partial charge < -0.3 is 10.2 Å². The van der Waals surface area contributed by atoms with Crippen molar-refractivity contribution in [2.75, 3.05) is 6.61 Å². The molecule has 3 rings (SSSR count). The number of aromatic carboxylic acids is 1. The molecule has 9 heteroatoms. The van der Waals surface area contributed by atoms with Gasteiger partial charge in [-0.05, 0) is 22.9 Å². The van der Waals surface area contributed by atoms with Crippen LogP contribution in [0.5, 0.6) is 0 Å². The van der Waals surface area contributed by atoms with E-state index in [1.807, 2.05) is 0 Å². The Kier molecular flexibility index (Phi) is 4.57. The number of hydrogen-bond donors (Lipinski definition) is 2. The zero-order valence-corrected chi connectivity index (χ0v) is 12.9. The van der Waals surface area contributed by atoms with E-state index >= 15 is 0 Å². The van der Waals surface area contributed by atoms with Gasteiger partial charge in [0, 0.05) is 11.8 Å². The summed E-state index contributed by atoms with van der Waals surface area (Å²) in [5.74, 6) is -1.12. The minimum Gasteiger partial charge on any atom is -0.478 e. The van der Waals surface area contributed by atoms with Crippen LogP contribution in [0.4, 0.5) is 0 Å². The fourth-order valence-electron chi connectivity index (χ4n) is 2.12. The van der Waals surface area contributed by atoms with Crippen LogP contribution in [-0.2, 0) is 6.54 Å². The zero-order chi connectivity index (χ0) is 17.8. The van der Waals surface area contributed by atoms with Crippen LogP contribution >= 0.6 is 0 Å². The molecular formula is C16H13N5O4. The quantitative estimate of drug-likeness (QED) is 0.626. The molecule has 0 amide bonds. The number of carbonyl (C=O) groups is 2. The minimum absolute atomic E-state index is 0.0775. The lowest BCUT2D eigenvalue weighted by molar-refractivity contribution is 0.0696. The Morgan fingerprint density at radius 2 is 1.76 bits per heavy atom. The third kappa shape index (κ3) is 3.72. The molecule has 3 aromatic rings. The maximum Gasteiger partial charge on any atom is 0.337 e. The maximum atomic E-state index is 11.4. The molecule has 9 nitrogen and oxygen atoms in total. The number of hydrogen-bond acceptors (Lipinski definition) is 7. The smallest absolute Gasteiger partial charge is 0.337 e. The summed E-state index contributed by atoms with van der Waals surface area (Å²) in [6, 6.07) is 9.66. The molecule has 0 fully saturated rings. The average molecular weight is 339 g/mol. The largest absolute Gasteiger partial charge is 0.478 e. The van der Waals surface area contributed by atoms with Crippen molar-refractivity contribution in [2.45, 2.75) is 6.54 Å². The summed E-state index contributed by atoms with van der Waals surface area (Å²) in [6.07, 6.45) is 1.23. The molecule has 0 saturated heterocycles. The maximum absolute atomic E-state index is 11.4. The number of carboxylic acids is 1. The molecule has 126 valence electrons. The Morgan fingerprint density at radius 1 is 1.04 bits per heavy atom. The van der Waals surface area contributed by atoms with Crippen LogP contribution in [0.15, 0.2) is 42.6 Å². The van der Waals surface area contributed by atoms with Crippen molar-refractivity contribution in [3.8, 4) is 11.5 Å². The highest BCUT2D eigenvalue weighted by Gasteiger charge is 2.10. The van der Waals surface area contributed by atoms with Gasteiger partial charge in [-0.2, -0.15) is 4.80 Å².